The molecule has 0 spiro atoms. The Hall–Kier alpha value is -4.34. The van der Waals surface area contributed by atoms with Gasteiger partial charge in [-0.1, -0.05) is 12.1 Å². The first-order valence-corrected chi connectivity index (χ1v) is 11.8. The number of nitrogens with zero attached hydrogens (tertiary/aromatic N) is 2. The summed E-state index contributed by atoms with van der Waals surface area (Å²) in [6.07, 6.45) is 0. The number of phenols is 3. The zero-order valence-electron chi connectivity index (χ0n) is 20.2. The van der Waals surface area contributed by atoms with Crippen molar-refractivity contribution in [2.45, 2.75) is 6.54 Å². The van der Waals surface area contributed by atoms with Gasteiger partial charge in [-0.15, -0.1) is 0 Å². The van der Waals surface area contributed by atoms with Crippen LogP contribution in [0.4, 0.5) is 0 Å². The number of benzene rings is 3. The Morgan fingerprint density at radius 2 is 1.59 bits per heavy atom. The Morgan fingerprint density at radius 3 is 2.27 bits per heavy atom. The molecule has 3 aromatic carbocycles. The highest BCUT2D eigenvalue weighted by atomic mass is 16.5. The molecule has 190 valence electrons. The quantitative estimate of drug-likeness (QED) is 0.214. The first-order chi connectivity index (χ1) is 17.8. The summed E-state index contributed by atoms with van der Waals surface area (Å²) in [5.74, 6) is -2.13. The number of hydrogen-bond donors (Lipinski definition) is 3. The molecule has 1 aliphatic rings. The molecule has 0 unspecified atom stereocenters. The van der Waals surface area contributed by atoms with E-state index in [-0.39, 0.29) is 16.7 Å². The number of carbonyl (C=O) groups excluding carboxylic acids is 1. The standard InChI is InChI=1S/C28H26N2O7/c1-29-10-12-30(13-11-29)16-17-2-4-19(5-3-17)28(35)36-20-8-6-18(7-9-20)23-14-21(31)25-24(37-23)15-22(32)26(33)27(25)34/h2-9,14-15,32-34H,10-13,16H2,1H3. The van der Waals surface area contributed by atoms with Gasteiger partial charge in [0.05, 0.1) is 5.56 Å². The van der Waals surface area contributed by atoms with Crippen molar-refractivity contribution in [1.82, 2.24) is 9.80 Å². The predicted octanol–water partition coefficient (Wildman–Crippen LogP) is 3.54. The number of likely N-dealkylation sites (N-methyl/N-ethyl adjacent to an activating group) is 1. The summed E-state index contributed by atoms with van der Waals surface area (Å²) >= 11 is 0. The highest BCUT2D eigenvalue weighted by molar-refractivity contribution is 5.91. The summed E-state index contributed by atoms with van der Waals surface area (Å²) in [6.45, 7) is 4.98. The fourth-order valence-corrected chi connectivity index (χ4v) is 4.28. The average molecular weight is 503 g/mol. The van der Waals surface area contributed by atoms with Crippen molar-refractivity contribution in [1.29, 1.82) is 0 Å². The monoisotopic (exact) mass is 502 g/mol. The lowest BCUT2D eigenvalue weighted by Crippen LogP contribution is -2.43. The number of esters is 1. The Bertz CT molecular complexity index is 1500. The number of hydrogen-bond acceptors (Lipinski definition) is 9. The van der Waals surface area contributed by atoms with Crippen molar-refractivity contribution >= 4 is 16.9 Å². The molecule has 0 aliphatic carbocycles. The third-order valence-electron chi connectivity index (χ3n) is 6.49. The van der Waals surface area contributed by atoms with Crippen LogP contribution in [0, 0.1) is 0 Å². The molecule has 1 aromatic heterocycles. The molecule has 37 heavy (non-hydrogen) atoms. The SMILES string of the molecule is CN1CCN(Cc2ccc(C(=O)Oc3ccc(-c4cc(=O)c5c(O)c(O)c(O)cc5o4)cc3)cc2)CC1. The van der Waals surface area contributed by atoms with E-state index in [1.165, 1.54) is 6.07 Å². The van der Waals surface area contributed by atoms with Gasteiger partial charge < -0.3 is 29.4 Å². The van der Waals surface area contributed by atoms with Gasteiger partial charge in [0.15, 0.2) is 16.9 Å². The summed E-state index contributed by atoms with van der Waals surface area (Å²) in [6, 6.07) is 16.0. The van der Waals surface area contributed by atoms with Crippen LogP contribution in [0.1, 0.15) is 15.9 Å². The Morgan fingerprint density at radius 1 is 0.919 bits per heavy atom. The minimum atomic E-state index is -0.789. The normalized spacial score (nSPS) is 14.6. The van der Waals surface area contributed by atoms with Crippen LogP contribution < -0.4 is 10.2 Å². The van der Waals surface area contributed by atoms with Crippen molar-refractivity contribution in [2.24, 2.45) is 0 Å². The lowest BCUT2D eigenvalue weighted by molar-refractivity contribution is 0.0734. The first kappa shape index (κ1) is 24.4. The molecule has 2 heterocycles. The number of carbonyl (C=O) groups is 1. The summed E-state index contributed by atoms with van der Waals surface area (Å²) in [7, 11) is 2.12. The van der Waals surface area contributed by atoms with E-state index < -0.39 is 28.6 Å². The van der Waals surface area contributed by atoms with Crippen molar-refractivity contribution in [3.05, 3.63) is 82.0 Å². The largest absolute Gasteiger partial charge is 0.504 e. The van der Waals surface area contributed by atoms with Gasteiger partial charge in [-0.25, -0.2) is 4.79 Å². The number of aromatic hydroxyl groups is 3. The maximum absolute atomic E-state index is 12.6. The van der Waals surface area contributed by atoms with Crippen LogP contribution in [0.15, 0.2) is 69.9 Å². The van der Waals surface area contributed by atoms with Gasteiger partial charge in [-0.3, -0.25) is 9.69 Å². The smallest absolute Gasteiger partial charge is 0.343 e. The average Bonchev–Trinajstić information content (AvgIpc) is 2.89. The minimum Gasteiger partial charge on any atom is -0.504 e. The Balaban J connectivity index is 1.27. The van der Waals surface area contributed by atoms with Crippen LogP contribution in [0.2, 0.25) is 0 Å². The number of piperazine rings is 1. The summed E-state index contributed by atoms with van der Waals surface area (Å²) in [5, 5.41) is 29.1. The van der Waals surface area contributed by atoms with Crippen molar-refractivity contribution < 1.29 is 29.3 Å². The topological polar surface area (TPSA) is 124 Å². The molecule has 3 N–H and O–H groups in total. The molecule has 1 aliphatic heterocycles. The fourth-order valence-electron chi connectivity index (χ4n) is 4.28. The molecular weight excluding hydrogens is 476 g/mol. The van der Waals surface area contributed by atoms with Crippen LogP contribution in [0.25, 0.3) is 22.3 Å². The zero-order chi connectivity index (χ0) is 26.1. The van der Waals surface area contributed by atoms with Gasteiger partial charge in [0.2, 0.25) is 5.75 Å². The van der Waals surface area contributed by atoms with E-state index in [0.29, 0.717) is 16.9 Å². The predicted molar refractivity (Wildman–Crippen MR) is 137 cm³/mol. The third-order valence-corrected chi connectivity index (χ3v) is 6.49. The minimum absolute atomic E-state index is 0.0816. The van der Waals surface area contributed by atoms with Gasteiger partial charge in [0.25, 0.3) is 0 Å². The molecule has 0 atom stereocenters. The Kier molecular flexibility index (Phi) is 6.56. The van der Waals surface area contributed by atoms with Crippen LogP contribution in [-0.4, -0.2) is 64.3 Å². The molecule has 1 saturated heterocycles. The second kappa shape index (κ2) is 9.96. The van der Waals surface area contributed by atoms with Crippen LogP contribution in [-0.2, 0) is 6.54 Å². The van der Waals surface area contributed by atoms with Gasteiger partial charge in [-0.05, 0) is 49.0 Å². The van der Waals surface area contributed by atoms with E-state index in [0.717, 1.165) is 44.4 Å². The van der Waals surface area contributed by atoms with Crippen LogP contribution in [0.3, 0.4) is 0 Å². The van der Waals surface area contributed by atoms with E-state index in [1.54, 1.807) is 36.4 Å². The van der Waals surface area contributed by atoms with Gasteiger partial charge in [0, 0.05) is 50.4 Å². The van der Waals surface area contributed by atoms with Gasteiger partial charge in [-0.2, -0.15) is 0 Å². The zero-order valence-corrected chi connectivity index (χ0v) is 20.2. The molecule has 9 heteroatoms. The maximum Gasteiger partial charge on any atom is 0.343 e. The fraction of sp³-hybridized carbons (Fsp3) is 0.214. The molecule has 5 rings (SSSR count). The molecule has 1 fully saturated rings. The van der Waals surface area contributed by atoms with Crippen molar-refractivity contribution in [3.63, 3.8) is 0 Å². The number of ether oxygens (including phenoxy) is 1. The lowest BCUT2D eigenvalue weighted by Gasteiger charge is -2.32. The third kappa shape index (κ3) is 5.13. The summed E-state index contributed by atoms with van der Waals surface area (Å²) in [4.78, 5) is 29.8. The number of phenolic OH excluding ortho intramolecular Hbond substituents is 3. The van der Waals surface area contributed by atoms with Crippen molar-refractivity contribution in [3.8, 4) is 34.3 Å². The molecule has 0 amide bonds. The number of rotatable bonds is 5. The van der Waals surface area contributed by atoms with Gasteiger partial charge >= 0.3 is 5.97 Å². The number of fused-ring (bicyclic) bond motifs is 1. The summed E-state index contributed by atoms with van der Waals surface area (Å²) < 4.78 is 11.2. The van der Waals surface area contributed by atoms with E-state index in [4.69, 9.17) is 9.15 Å². The first-order valence-electron chi connectivity index (χ1n) is 11.8. The van der Waals surface area contributed by atoms with E-state index >= 15 is 0 Å². The molecule has 4 aromatic rings. The summed E-state index contributed by atoms with van der Waals surface area (Å²) in [5.41, 5.74) is 1.42. The van der Waals surface area contributed by atoms with Crippen molar-refractivity contribution in [2.75, 3.05) is 33.2 Å². The van der Waals surface area contributed by atoms with Gasteiger partial charge in [0.1, 0.15) is 22.5 Å². The van der Waals surface area contributed by atoms with E-state index in [9.17, 15) is 24.9 Å². The second-order valence-corrected chi connectivity index (χ2v) is 9.13. The van der Waals surface area contributed by atoms with Crippen LogP contribution >= 0.6 is 0 Å². The molecule has 0 radical (unpaired) electrons. The highest BCUT2D eigenvalue weighted by Crippen LogP contribution is 2.40. The maximum atomic E-state index is 12.6. The molecular formula is C28H26N2O7. The molecule has 9 nitrogen and oxygen atoms in total. The second-order valence-electron chi connectivity index (χ2n) is 9.13. The lowest BCUT2D eigenvalue weighted by atomic mass is 10.1. The molecule has 0 saturated carbocycles. The van der Waals surface area contributed by atoms with E-state index in [2.05, 4.69) is 16.8 Å². The molecule has 0 bridgehead atoms. The van der Waals surface area contributed by atoms with Crippen LogP contribution in [0.5, 0.6) is 23.0 Å². The van der Waals surface area contributed by atoms with E-state index in [1.807, 2.05) is 12.1 Å². The Labute approximate surface area is 212 Å². The highest BCUT2D eigenvalue weighted by Gasteiger charge is 2.18.